The molecule has 0 aliphatic heterocycles. The molecule has 3 atom stereocenters. The lowest BCUT2D eigenvalue weighted by atomic mass is 9.89. The standard InChI is InChI=1S/C7H9Cl2O/c8-6-1-2-7(9)5(3-6)4-10/h5-7H,1-3H2. The third kappa shape index (κ3) is 1.86. The van der Waals surface area contributed by atoms with Crippen LogP contribution in [0.25, 0.3) is 0 Å². The summed E-state index contributed by atoms with van der Waals surface area (Å²) in [6.45, 7) is 0. The lowest BCUT2D eigenvalue weighted by molar-refractivity contribution is 0.425. The lowest BCUT2D eigenvalue weighted by Gasteiger charge is -2.24. The molecular weight excluding hydrogens is 171 g/mol. The fourth-order valence-corrected chi connectivity index (χ4v) is 1.80. The van der Waals surface area contributed by atoms with E-state index in [2.05, 4.69) is 0 Å². The molecule has 3 heteroatoms. The minimum Gasteiger partial charge on any atom is -0.291 e. The molecule has 0 bridgehead atoms. The second kappa shape index (κ2) is 3.59. The van der Waals surface area contributed by atoms with Crippen molar-refractivity contribution in [2.24, 2.45) is 5.92 Å². The Kier molecular flexibility index (Phi) is 2.99. The van der Waals surface area contributed by atoms with Crippen LogP contribution in [0.4, 0.5) is 0 Å². The highest BCUT2D eigenvalue weighted by Crippen LogP contribution is 2.30. The Morgan fingerprint density at radius 2 is 2.00 bits per heavy atom. The highest BCUT2D eigenvalue weighted by atomic mass is 35.5. The molecule has 0 amide bonds. The molecule has 0 heterocycles. The van der Waals surface area contributed by atoms with Gasteiger partial charge in [0, 0.05) is 16.7 Å². The molecule has 0 aromatic carbocycles. The van der Waals surface area contributed by atoms with Crippen LogP contribution in [0, 0.1) is 5.92 Å². The van der Waals surface area contributed by atoms with E-state index >= 15 is 0 Å². The maximum absolute atomic E-state index is 10.2. The SMILES string of the molecule is O=[C]C1CC(Cl)CCC1Cl. The van der Waals surface area contributed by atoms with Crippen molar-refractivity contribution in [3.63, 3.8) is 0 Å². The van der Waals surface area contributed by atoms with Gasteiger partial charge in [-0.2, -0.15) is 0 Å². The summed E-state index contributed by atoms with van der Waals surface area (Å²) in [5, 5.41) is 0.0916. The van der Waals surface area contributed by atoms with Gasteiger partial charge in [-0.25, -0.2) is 0 Å². The normalized spacial score (nSPS) is 41.2. The summed E-state index contributed by atoms with van der Waals surface area (Å²) in [4.78, 5) is 10.2. The van der Waals surface area contributed by atoms with Gasteiger partial charge in [-0.15, -0.1) is 23.2 Å². The van der Waals surface area contributed by atoms with Crippen molar-refractivity contribution in [1.29, 1.82) is 0 Å². The van der Waals surface area contributed by atoms with Crippen LogP contribution in [0.15, 0.2) is 0 Å². The molecule has 1 aliphatic rings. The molecule has 0 spiro atoms. The highest BCUT2D eigenvalue weighted by molar-refractivity contribution is 6.23. The predicted octanol–water partition coefficient (Wildman–Crippen LogP) is 2.11. The van der Waals surface area contributed by atoms with Crippen LogP contribution in [0.3, 0.4) is 0 Å². The van der Waals surface area contributed by atoms with Gasteiger partial charge >= 0.3 is 0 Å². The van der Waals surface area contributed by atoms with E-state index in [-0.39, 0.29) is 16.7 Å². The van der Waals surface area contributed by atoms with Crippen LogP contribution >= 0.6 is 23.2 Å². The van der Waals surface area contributed by atoms with Gasteiger partial charge in [0.1, 0.15) is 0 Å². The average Bonchev–Trinajstić information content (AvgIpc) is 1.94. The Morgan fingerprint density at radius 1 is 1.30 bits per heavy atom. The highest BCUT2D eigenvalue weighted by Gasteiger charge is 2.28. The van der Waals surface area contributed by atoms with Crippen molar-refractivity contribution < 1.29 is 4.79 Å². The molecule has 3 unspecified atom stereocenters. The van der Waals surface area contributed by atoms with Crippen LogP contribution in [-0.2, 0) is 4.79 Å². The number of hydrogen-bond donors (Lipinski definition) is 0. The first-order valence-electron chi connectivity index (χ1n) is 3.40. The predicted molar refractivity (Wildman–Crippen MR) is 42.3 cm³/mol. The molecule has 0 saturated heterocycles. The molecule has 1 nitrogen and oxygen atoms in total. The van der Waals surface area contributed by atoms with E-state index in [1.807, 2.05) is 6.29 Å². The van der Waals surface area contributed by atoms with Crippen LogP contribution < -0.4 is 0 Å². The molecule has 1 saturated carbocycles. The summed E-state index contributed by atoms with van der Waals surface area (Å²) >= 11 is 11.6. The quantitative estimate of drug-likeness (QED) is 0.564. The second-order valence-corrected chi connectivity index (χ2v) is 3.83. The van der Waals surface area contributed by atoms with E-state index < -0.39 is 0 Å². The van der Waals surface area contributed by atoms with Crippen LogP contribution in [0.5, 0.6) is 0 Å². The first kappa shape index (κ1) is 8.35. The molecule has 0 aromatic heterocycles. The summed E-state index contributed by atoms with van der Waals surface area (Å²) in [5.41, 5.74) is 0. The monoisotopic (exact) mass is 179 g/mol. The van der Waals surface area contributed by atoms with Crippen molar-refractivity contribution in [3.8, 4) is 0 Å². The smallest absolute Gasteiger partial charge is 0.203 e. The molecule has 0 aromatic rings. The van der Waals surface area contributed by atoms with Crippen molar-refractivity contribution in [1.82, 2.24) is 0 Å². The number of halogens is 2. The van der Waals surface area contributed by atoms with E-state index in [0.717, 1.165) is 12.8 Å². The van der Waals surface area contributed by atoms with Gasteiger partial charge in [0.2, 0.25) is 6.29 Å². The zero-order valence-corrected chi connectivity index (χ0v) is 7.03. The van der Waals surface area contributed by atoms with Gasteiger partial charge in [-0.05, 0) is 19.3 Å². The van der Waals surface area contributed by atoms with E-state index in [4.69, 9.17) is 23.2 Å². The van der Waals surface area contributed by atoms with Crippen LogP contribution in [0.2, 0.25) is 0 Å². The van der Waals surface area contributed by atoms with Crippen LogP contribution in [0.1, 0.15) is 19.3 Å². The molecule has 10 heavy (non-hydrogen) atoms. The van der Waals surface area contributed by atoms with Crippen molar-refractivity contribution >= 4 is 29.5 Å². The zero-order chi connectivity index (χ0) is 7.56. The van der Waals surface area contributed by atoms with E-state index in [1.165, 1.54) is 0 Å². The first-order valence-corrected chi connectivity index (χ1v) is 4.27. The fraction of sp³-hybridized carbons (Fsp3) is 0.857. The van der Waals surface area contributed by atoms with E-state index in [0.29, 0.717) is 6.42 Å². The van der Waals surface area contributed by atoms with Crippen molar-refractivity contribution in [2.45, 2.75) is 30.0 Å². The largest absolute Gasteiger partial charge is 0.291 e. The second-order valence-electron chi connectivity index (χ2n) is 2.65. The zero-order valence-electron chi connectivity index (χ0n) is 5.52. The third-order valence-corrected chi connectivity index (χ3v) is 2.77. The Balaban J connectivity index is 2.45. The Labute approximate surface area is 70.7 Å². The van der Waals surface area contributed by atoms with E-state index in [9.17, 15) is 4.79 Å². The van der Waals surface area contributed by atoms with Gasteiger partial charge in [0.15, 0.2) is 0 Å². The Bertz CT molecular complexity index is 127. The van der Waals surface area contributed by atoms with Gasteiger partial charge in [0.05, 0.1) is 0 Å². The van der Waals surface area contributed by atoms with Crippen molar-refractivity contribution in [2.75, 3.05) is 0 Å². The van der Waals surface area contributed by atoms with E-state index in [1.54, 1.807) is 0 Å². The van der Waals surface area contributed by atoms with Crippen LogP contribution in [-0.4, -0.2) is 17.0 Å². The van der Waals surface area contributed by atoms with Gasteiger partial charge < -0.3 is 0 Å². The average molecular weight is 180 g/mol. The first-order chi connectivity index (χ1) is 4.74. The number of alkyl halides is 2. The molecule has 1 rings (SSSR count). The Hall–Kier alpha value is 0.250. The third-order valence-electron chi connectivity index (χ3n) is 1.85. The van der Waals surface area contributed by atoms with Gasteiger partial charge in [0.25, 0.3) is 0 Å². The molecule has 57 valence electrons. The summed E-state index contributed by atoms with van der Waals surface area (Å²) in [7, 11) is 0. The molecular formula is C7H9Cl2O. The molecule has 0 N–H and O–H groups in total. The summed E-state index contributed by atoms with van der Waals surface area (Å²) in [6, 6.07) is 0. The molecule has 1 aliphatic carbocycles. The minimum atomic E-state index is -0.141. The van der Waals surface area contributed by atoms with Crippen molar-refractivity contribution in [3.05, 3.63) is 0 Å². The summed E-state index contributed by atoms with van der Waals surface area (Å²) in [5.74, 6) is -0.141. The fourth-order valence-electron chi connectivity index (χ4n) is 1.20. The number of rotatable bonds is 1. The van der Waals surface area contributed by atoms with Gasteiger partial charge in [-0.1, -0.05) is 0 Å². The lowest BCUT2D eigenvalue weighted by Crippen LogP contribution is -2.26. The van der Waals surface area contributed by atoms with Gasteiger partial charge in [-0.3, -0.25) is 4.79 Å². The summed E-state index contributed by atoms with van der Waals surface area (Å²) in [6.07, 6.45) is 4.38. The topological polar surface area (TPSA) is 17.1 Å². The molecule has 1 radical (unpaired) electrons. The summed E-state index contributed by atoms with van der Waals surface area (Å²) < 4.78 is 0. The minimum absolute atomic E-state index is 0.0347. The Morgan fingerprint density at radius 3 is 2.50 bits per heavy atom. The maximum atomic E-state index is 10.2. The number of hydrogen-bond acceptors (Lipinski definition) is 1. The number of carbonyl (C=O) groups excluding carboxylic acids is 1. The maximum Gasteiger partial charge on any atom is 0.203 e. The molecule has 1 fully saturated rings.